The lowest BCUT2D eigenvalue weighted by Gasteiger charge is -2.26. The maximum atomic E-state index is 6.44. The minimum absolute atomic E-state index is 0.0203. The average molecular weight is 363 g/mol. The second-order valence-corrected chi connectivity index (χ2v) is 6.46. The highest BCUT2D eigenvalue weighted by atomic mass is 127. The molecule has 1 saturated carbocycles. The fraction of sp³-hybridized carbons (Fsp3) is 0.294. The summed E-state index contributed by atoms with van der Waals surface area (Å²) in [5, 5.41) is 0. The van der Waals surface area contributed by atoms with Crippen molar-refractivity contribution in [3.05, 3.63) is 68.8 Å². The minimum Gasteiger partial charge on any atom is -0.320 e. The van der Waals surface area contributed by atoms with Gasteiger partial charge < -0.3 is 5.73 Å². The van der Waals surface area contributed by atoms with Crippen LogP contribution in [0.1, 0.15) is 47.9 Å². The van der Waals surface area contributed by atoms with E-state index in [1.807, 2.05) is 0 Å². The Morgan fingerprint density at radius 3 is 2.53 bits per heavy atom. The molecule has 0 spiro atoms. The molecule has 0 radical (unpaired) electrons. The van der Waals surface area contributed by atoms with E-state index in [0.29, 0.717) is 0 Å². The third-order valence-electron chi connectivity index (χ3n) is 4.09. The lowest BCUT2D eigenvalue weighted by molar-refractivity contribution is 0.419. The molecule has 2 heteroatoms. The van der Waals surface area contributed by atoms with Crippen molar-refractivity contribution in [3.63, 3.8) is 0 Å². The minimum atomic E-state index is -0.0203. The molecule has 1 unspecified atom stereocenters. The third-order valence-corrected chi connectivity index (χ3v) is 5.07. The van der Waals surface area contributed by atoms with E-state index in [1.165, 1.54) is 39.5 Å². The summed E-state index contributed by atoms with van der Waals surface area (Å²) in [5.41, 5.74) is 10.4. The first-order valence-corrected chi connectivity index (χ1v) is 7.93. The van der Waals surface area contributed by atoms with Gasteiger partial charge in [0.2, 0.25) is 0 Å². The van der Waals surface area contributed by atoms with Gasteiger partial charge in [0.15, 0.2) is 0 Å². The van der Waals surface area contributed by atoms with E-state index >= 15 is 0 Å². The summed E-state index contributed by atoms with van der Waals surface area (Å²) in [6.07, 6.45) is 4.04. The zero-order chi connectivity index (χ0) is 13.2. The molecule has 1 aliphatic rings. The van der Waals surface area contributed by atoms with E-state index < -0.39 is 0 Å². The first-order valence-electron chi connectivity index (χ1n) is 6.85. The van der Waals surface area contributed by atoms with Gasteiger partial charge in [-0.15, -0.1) is 0 Å². The van der Waals surface area contributed by atoms with Crippen LogP contribution in [0.15, 0.2) is 48.5 Å². The Labute approximate surface area is 128 Å². The Kier molecular flexibility index (Phi) is 3.89. The maximum absolute atomic E-state index is 6.44. The molecule has 1 fully saturated rings. The molecule has 0 amide bonds. The van der Waals surface area contributed by atoms with Gasteiger partial charge in [-0.1, -0.05) is 48.9 Å². The molecular weight excluding hydrogens is 345 g/mol. The van der Waals surface area contributed by atoms with Gasteiger partial charge in [0.05, 0.1) is 6.04 Å². The molecule has 3 rings (SSSR count). The number of benzene rings is 2. The van der Waals surface area contributed by atoms with Crippen LogP contribution in [-0.2, 0) is 0 Å². The van der Waals surface area contributed by atoms with Crippen LogP contribution < -0.4 is 5.73 Å². The summed E-state index contributed by atoms with van der Waals surface area (Å²) in [6, 6.07) is 17.2. The highest BCUT2D eigenvalue weighted by Gasteiger charge is 2.20. The van der Waals surface area contributed by atoms with Crippen molar-refractivity contribution in [1.29, 1.82) is 0 Å². The number of nitrogens with two attached hydrogens (primary N) is 1. The zero-order valence-electron chi connectivity index (χ0n) is 10.9. The van der Waals surface area contributed by atoms with Gasteiger partial charge in [-0.05, 0) is 64.1 Å². The SMILES string of the molecule is NC(c1cccc(C2CCC2)c1)c1ccccc1I. The second kappa shape index (κ2) is 5.63. The molecule has 0 heterocycles. The van der Waals surface area contributed by atoms with Gasteiger partial charge in [-0.25, -0.2) is 0 Å². The van der Waals surface area contributed by atoms with E-state index in [4.69, 9.17) is 5.73 Å². The van der Waals surface area contributed by atoms with E-state index in [2.05, 4.69) is 71.1 Å². The molecule has 2 N–H and O–H groups in total. The van der Waals surface area contributed by atoms with Crippen LogP contribution in [0.4, 0.5) is 0 Å². The van der Waals surface area contributed by atoms with Crippen molar-refractivity contribution in [2.45, 2.75) is 31.2 Å². The van der Waals surface area contributed by atoms with Crippen LogP contribution >= 0.6 is 22.6 Å². The Balaban J connectivity index is 1.91. The van der Waals surface area contributed by atoms with E-state index in [1.54, 1.807) is 0 Å². The van der Waals surface area contributed by atoms with E-state index in [0.717, 1.165) is 5.92 Å². The highest BCUT2D eigenvalue weighted by molar-refractivity contribution is 14.1. The molecule has 1 aliphatic carbocycles. The topological polar surface area (TPSA) is 26.0 Å². The monoisotopic (exact) mass is 363 g/mol. The molecule has 2 aromatic carbocycles. The first kappa shape index (κ1) is 13.1. The van der Waals surface area contributed by atoms with Crippen molar-refractivity contribution in [3.8, 4) is 0 Å². The molecule has 19 heavy (non-hydrogen) atoms. The highest BCUT2D eigenvalue weighted by Crippen LogP contribution is 2.37. The predicted octanol–water partition coefficient (Wildman–Crippen LogP) is 4.61. The van der Waals surface area contributed by atoms with Crippen molar-refractivity contribution >= 4 is 22.6 Å². The Morgan fingerprint density at radius 2 is 1.84 bits per heavy atom. The first-order chi connectivity index (χ1) is 9.25. The summed E-state index contributed by atoms with van der Waals surface area (Å²) in [4.78, 5) is 0. The summed E-state index contributed by atoms with van der Waals surface area (Å²) in [7, 11) is 0. The molecule has 1 atom stereocenters. The molecule has 98 valence electrons. The average Bonchev–Trinajstić information content (AvgIpc) is 2.37. The van der Waals surface area contributed by atoms with Crippen LogP contribution in [-0.4, -0.2) is 0 Å². The number of rotatable bonds is 3. The van der Waals surface area contributed by atoms with Crippen molar-refractivity contribution in [2.75, 3.05) is 0 Å². The summed E-state index contributed by atoms with van der Waals surface area (Å²) >= 11 is 2.36. The Bertz CT molecular complexity index is 575. The smallest absolute Gasteiger partial charge is 0.0562 e. The number of hydrogen-bond acceptors (Lipinski definition) is 1. The Hall–Kier alpha value is -0.870. The van der Waals surface area contributed by atoms with E-state index in [9.17, 15) is 0 Å². The fourth-order valence-electron chi connectivity index (χ4n) is 2.65. The van der Waals surface area contributed by atoms with Gasteiger partial charge in [-0.2, -0.15) is 0 Å². The zero-order valence-corrected chi connectivity index (χ0v) is 13.0. The standard InChI is InChI=1S/C17H18IN/c18-16-10-2-1-9-15(16)17(19)14-8-4-7-13(11-14)12-5-3-6-12/h1-2,4,7-12,17H,3,5-6,19H2. The van der Waals surface area contributed by atoms with Crippen LogP contribution in [0.25, 0.3) is 0 Å². The fourth-order valence-corrected chi connectivity index (χ4v) is 3.38. The third kappa shape index (κ3) is 2.70. The largest absolute Gasteiger partial charge is 0.320 e. The van der Waals surface area contributed by atoms with Crippen molar-refractivity contribution in [1.82, 2.24) is 0 Å². The predicted molar refractivity (Wildman–Crippen MR) is 88.2 cm³/mol. The molecule has 0 saturated heterocycles. The summed E-state index contributed by atoms with van der Waals surface area (Å²) in [6.45, 7) is 0. The maximum Gasteiger partial charge on any atom is 0.0562 e. The molecule has 0 bridgehead atoms. The van der Waals surface area contributed by atoms with Crippen LogP contribution in [0, 0.1) is 3.57 Å². The van der Waals surface area contributed by atoms with E-state index in [-0.39, 0.29) is 6.04 Å². The van der Waals surface area contributed by atoms with Gasteiger partial charge in [0.1, 0.15) is 0 Å². The molecule has 0 aliphatic heterocycles. The summed E-state index contributed by atoms with van der Waals surface area (Å²) < 4.78 is 1.24. The Morgan fingerprint density at radius 1 is 1.05 bits per heavy atom. The van der Waals surface area contributed by atoms with Crippen LogP contribution in [0.5, 0.6) is 0 Å². The van der Waals surface area contributed by atoms with Crippen LogP contribution in [0.3, 0.4) is 0 Å². The van der Waals surface area contributed by atoms with Gasteiger partial charge in [0, 0.05) is 3.57 Å². The quantitative estimate of drug-likeness (QED) is 0.792. The number of halogens is 1. The van der Waals surface area contributed by atoms with Crippen molar-refractivity contribution in [2.24, 2.45) is 5.73 Å². The molecule has 0 aromatic heterocycles. The van der Waals surface area contributed by atoms with Gasteiger partial charge in [0.25, 0.3) is 0 Å². The lowest BCUT2D eigenvalue weighted by atomic mass is 9.79. The lowest BCUT2D eigenvalue weighted by Crippen LogP contribution is -2.15. The van der Waals surface area contributed by atoms with Crippen molar-refractivity contribution < 1.29 is 0 Å². The molecule has 1 nitrogen and oxygen atoms in total. The number of hydrogen-bond donors (Lipinski definition) is 1. The van der Waals surface area contributed by atoms with Crippen LogP contribution in [0.2, 0.25) is 0 Å². The molecular formula is C17H18IN. The second-order valence-electron chi connectivity index (χ2n) is 5.30. The van der Waals surface area contributed by atoms with Gasteiger partial charge in [-0.3, -0.25) is 0 Å². The molecule has 2 aromatic rings. The summed E-state index contributed by atoms with van der Waals surface area (Å²) in [5.74, 6) is 0.766. The van der Waals surface area contributed by atoms with Gasteiger partial charge >= 0.3 is 0 Å². The normalized spacial score (nSPS) is 16.9.